The number of nitrogens with zero attached hydrogens (tertiary/aromatic N) is 2. The molecule has 1 aromatic carbocycles. The lowest BCUT2D eigenvalue weighted by Crippen LogP contribution is -2.41. The average molecular weight is 447 g/mol. The van der Waals surface area contributed by atoms with Gasteiger partial charge < -0.3 is 15.2 Å². The van der Waals surface area contributed by atoms with Crippen LogP contribution in [-0.2, 0) is 10.0 Å². The van der Waals surface area contributed by atoms with E-state index in [0.29, 0.717) is 24.0 Å². The first-order valence-electron chi connectivity index (χ1n) is 11.1. The molecule has 0 spiro atoms. The number of H-pyrrole nitrogens is 1. The minimum absolute atomic E-state index is 0.0571. The van der Waals surface area contributed by atoms with Gasteiger partial charge in [0.2, 0.25) is 15.6 Å². The van der Waals surface area contributed by atoms with Crippen molar-refractivity contribution in [1.82, 2.24) is 19.5 Å². The number of hydrogen-bond donors (Lipinski definition) is 2. The van der Waals surface area contributed by atoms with Crippen LogP contribution in [0, 0.1) is 0 Å². The molecule has 1 atom stereocenters. The smallest absolute Gasteiger partial charge is 0.252 e. The summed E-state index contributed by atoms with van der Waals surface area (Å²) < 4.78 is 28.1. The number of hydrogen-bond acceptors (Lipinski definition) is 5. The number of aromatic amines is 1. The fraction of sp³-hybridized carbons (Fsp3) is 0.545. The van der Waals surface area contributed by atoms with Gasteiger partial charge >= 0.3 is 0 Å². The number of sulfonamides is 1. The number of nitrogens with one attached hydrogen (secondary N) is 2. The molecule has 4 rings (SSSR count). The van der Waals surface area contributed by atoms with E-state index in [2.05, 4.69) is 15.2 Å². The van der Waals surface area contributed by atoms with Crippen LogP contribution in [0.25, 0.3) is 10.9 Å². The predicted molar refractivity (Wildman–Crippen MR) is 120 cm³/mol. The largest absolute Gasteiger partial charge is 0.351 e. The maximum absolute atomic E-state index is 13.3. The number of aromatic nitrogens is 1. The topological polar surface area (TPSA) is 103 Å². The number of amides is 1. The molecule has 2 aliphatic rings. The van der Waals surface area contributed by atoms with Crippen LogP contribution in [0.3, 0.4) is 0 Å². The minimum atomic E-state index is -3.68. The molecule has 8 nitrogen and oxygen atoms in total. The Morgan fingerprint density at radius 2 is 1.87 bits per heavy atom. The highest BCUT2D eigenvalue weighted by Crippen LogP contribution is 2.27. The van der Waals surface area contributed by atoms with Gasteiger partial charge in [0.05, 0.1) is 10.5 Å². The van der Waals surface area contributed by atoms with Crippen LogP contribution in [0.15, 0.2) is 34.0 Å². The molecule has 1 aromatic heterocycles. The monoisotopic (exact) mass is 446 g/mol. The molecule has 0 radical (unpaired) electrons. The highest BCUT2D eigenvalue weighted by molar-refractivity contribution is 7.89. The molecular formula is C22H30N4O4S. The summed E-state index contributed by atoms with van der Waals surface area (Å²) in [6.07, 6.45) is 5.06. The lowest BCUT2D eigenvalue weighted by atomic mass is 10.1. The van der Waals surface area contributed by atoms with Gasteiger partial charge in [0, 0.05) is 42.6 Å². The predicted octanol–water partition coefficient (Wildman–Crippen LogP) is 1.92. The lowest BCUT2D eigenvalue weighted by molar-refractivity contribution is 0.0951. The molecule has 0 saturated carbocycles. The Kier molecular flexibility index (Phi) is 6.45. The van der Waals surface area contributed by atoms with Crippen molar-refractivity contribution in [2.45, 2.75) is 50.0 Å². The van der Waals surface area contributed by atoms with Crippen LogP contribution in [0.1, 0.15) is 49.4 Å². The van der Waals surface area contributed by atoms with Gasteiger partial charge in [0.1, 0.15) is 0 Å². The summed E-state index contributed by atoms with van der Waals surface area (Å²) >= 11 is 0. The molecule has 168 valence electrons. The second-order valence-corrected chi connectivity index (χ2v) is 10.4. The number of likely N-dealkylation sites (tertiary alicyclic amines) is 1. The molecule has 0 aliphatic carbocycles. The molecule has 2 aliphatic heterocycles. The SMILES string of the molecule is C[C@@H]1CCCCN1S(=O)(=O)c1ccc2[nH]c(=O)cc(C(=O)NCCN3CCCC3)c2c1. The number of carbonyl (C=O) groups excluding carboxylic acids is 1. The van der Waals surface area contributed by atoms with E-state index in [9.17, 15) is 18.0 Å². The summed E-state index contributed by atoms with van der Waals surface area (Å²) in [5, 5.41) is 3.31. The summed E-state index contributed by atoms with van der Waals surface area (Å²) in [7, 11) is -3.68. The van der Waals surface area contributed by atoms with Gasteiger partial charge in [0.15, 0.2) is 0 Å². The lowest BCUT2D eigenvalue weighted by Gasteiger charge is -2.32. The maximum atomic E-state index is 13.3. The van der Waals surface area contributed by atoms with Crippen molar-refractivity contribution >= 4 is 26.8 Å². The molecule has 3 heterocycles. The molecule has 2 fully saturated rings. The van der Waals surface area contributed by atoms with Crippen molar-refractivity contribution in [2.75, 3.05) is 32.7 Å². The normalized spacial score (nSPS) is 20.9. The van der Waals surface area contributed by atoms with Crippen LogP contribution >= 0.6 is 0 Å². The van der Waals surface area contributed by atoms with Crippen LogP contribution in [0.2, 0.25) is 0 Å². The first kappa shape index (κ1) is 22.0. The summed E-state index contributed by atoms with van der Waals surface area (Å²) in [6, 6.07) is 5.77. The van der Waals surface area contributed by atoms with Crippen molar-refractivity contribution in [2.24, 2.45) is 0 Å². The van der Waals surface area contributed by atoms with E-state index in [1.54, 1.807) is 10.4 Å². The Hall–Kier alpha value is -2.23. The molecule has 0 bridgehead atoms. The van der Waals surface area contributed by atoms with Crippen LogP contribution < -0.4 is 10.9 Å². The van der Waals surface area contributed by atoms with Gasteiger partial charge in [-0.05, 0) is 63.9 Å². The molecular weight excluding hydrogens is 416 g/mol. The third-order valence-corrected chi connectivity index (χ3v) is 8.33. The zero-order valence-electron chi connectivity index (χ0n) is 17.9. The van der Waals surface area contributed by atoms with Crippen LogP contribution in [0.4, 0.5) is 0 Å². The number of piperidine rings is 1. The standard InChI is InChI=1S/C22H30N4O4S/c1-16-6-2-3-12-26(16)31(29,30)17-7-8-20-18(14-17)19(15-21(27)24-20)22(28)23-9-13-25-10-4-5-11-25/h7-8,14-16H,2-6,9-13H2,1H3,(H,23,28)(H,24,27)/t16-/m1/s1. The van der Waals surface area contributed by atoms with Crippen molar-refractivity contribution in [1.29, 1.82) is 0 Å². The van der Waals surface area contributed by atoms with Gasteiger partial charge in [-0.15, -0.1) is 0 Å². The average Bonchev–Trinajstić information content (AvgIpc) is 3.26. The summed E-state index contributed by atoms with van der Waals surface area (Å²) in [6.45, 7) is 5.75. The molecule has 9 heteroatoms. The van der Waals surface area contributed by atoms with Gasteiger partial charge in [-0.25, -0.2) is 8.42 Å². The highest BCUT2D eigenvalue weighted by atomic mass is 32.2. The fourth-order valence-electron chi connectivity index (χ4n) is 4.57. The Labute approximate surface area is 182 Å². The molecule has 1 amide bonds. The zero-order chi connectivity index (χ0) is 22.0. The van der Waals surface area contributed by atoms with Crippen LogP contribution in [0.5, 0.6) is 0 Å². The number of rotatable bonds is 6. The fourth-order valence-corrected chi connectivity index (χ4v) is 6.30. The summed E-state index contributed by atoms with van der Waals surface area (Å²) in [5.41, 5.74) is 0.254. The Morgan fingerprint density at radius 1 is 1.13 bits per heavy atom. The highest BCUT2D eigenvalue weighted by Gasteiger charge is 2.31. The first-order chi connectivity index (χ1) is 14.9. The van der Waals surface area contributed by atoms with Crippen molar-refractivity contribution in [3.8, 4) is 0 Å². The van der Waals surface area contributed by atoms with Crippen molar-refractivity contribution < 1.29 is 13.2 Å². The third-order valence-electron chi connectivity index (χ3n) is 6.32. The Balaban J connectivity index is 1.62. The number of fused-ring (bicyclic) bond motifs is 1. The summed E-state index contributed by atoms with van der Waals surface area (Å²) in [5.74, 6) is -0.365. The zero-order valence-corrected chi connectivity index (χ0v) is 18.7. The quantitative estimate of drug-likeness (QED) is 0.706. The number of pyridine rings is 1. The molecule has 0 unspecified atom stereocenters. The molecule has 2 aromatic rings. The van der Waals surface area contributed by atoms with E-state index >= 15 is 0 Å². The molecule has 31 heavy (non-hydrogen) atoms. The second kappa shape index (κ2) is 9.10. The number of carbonyl (C=O) groups is 1. The van der Waals surface area contributed by atoms with E-state index in [4.69, 9.17) is 0 Å². The van der Waals surface area contributed by atoms with E-state index in [0.717, 1.165) is 38.9 Å². The maximum Gasteiger partial charge on any atom is 0.252 e. The van der Waals surface area contributed by atoms with Crippen molar-refractivity contribution in [3.63, 3.8) is 0 Å². The second-order valence-electron chi connectivity index (χ2n) is 8.52. The van der Waals surface area contributed by atoms with Gasteiger partial charge in [-0.1, -0.05) is 6.42 Å². The summed E-state index contributed by atoms with van der Waals surface area (Å²) in [4.78, 5) is 30.1. The van der Waals surface area contributed by atoms with Crippen molar-refractivity contribution in [3.05, 3.63) is 40.2 Å². The molecule has 2 N–H and O–H groups in total. The minimum Gasteiger partial charge on any atom is -0.351 e. The third kappa shape index (κ3) is 4.68. The Bertz CT molecular complexity index is 1120. The van der Waals surface area contributed by atoms with Crippen LogP contribution in [-0.4, -0.2) is 67.3 Å². The number of benzene rings is 1. The van der Waals surface area contributed by atoms with Gasteiger partial charge in [-0.3, -0.25) is 9.59 Å². The van der Waals surface area contributed by atoms with Gasteiger partial charge in [-0.2, -0.15) is 4.31 Å². The van der Waals surface area contributed by atoms with E-state index in [-0.39, 0.29) is 22.4 Å². The van der Waals surface area contributed by atoms with E-state index in [1.807, 2.05) is 6.92 Å². The van der Waals surface area contributed by atoms with E-state index in [1.165, 1.54) is 31.0 Å². The first-order valence-corrected chi connectivity index (χ1v) is 12.5. The van der Waals surface area contributed by atoms with Gasteiger partial charge in [0.25, 0.3) is 5.91 Å². The Morgan fingerprint density at radius 3 is 2.61 bits per heavy atom. The van der Waals surface area contributed by atoms with E-state index < -0.39 is 15.6 Å². The molecule has 2 saturated heterocycles.